The Bertz CT molecular complexity index is 295. The molecule has 0 saturated heterocycles. The number of benzene rings is 1. The predicted molar refractivity (Wildman–Crippen MR) is 60.7 cm³/mol. The molecule has 0 amide bonds. The zero-order valence-corrected chi connectivity index (χ0v) is 9.65. The summed E-state index contributed by atoms with van der Waals surface area (Å²) in [5.74, 6) is 0. The maximum atomic E-state index is 12.1. The van der Waals surface area contributed by atoms with Crippen molar-refractivity contribution >= 4 is 12.4 Å². The molecule has 0 spiro atoms. The van der Waals surface area contributed by atoms with E-state index in [2.05, 4.69) is 0 Å². The van der Waals surface area contributed by atoms with Gasteiger partial charge in [0.25, 0.3) is 0 Å². The zero-order valence-electron chi connectivity index (χ0n) is 8.84. The molecule has 1 atom stereocenters. The van der Waals surface area contributed by atoms with Gasteiger partial charge in [0.15, 0.2) is 0 Å². The average Bonchev–Trinajstić information content (AvgIpc) is 2.00. The van der Waals surface area contributed by atoms with E-state index < -0.39 is 12.5 Å². The van der Waals surface area contributed by atoms with Crippen LogP contribution in [0.1, 0.15) is 29.2 Å². The van der Waals surface area contributed by atoms with E-state index in [-0.39, 0.29) is 18.8 Å². The first-order chi connectivity index (χ1) is 6.49. The van der Waals surface area contributed by atoms with Crippen LogP contribution in [0.25, 0.3) is 0 Å². The van der Waals surface area contributed by atoms with Crippen LogP contribution < -0.4 is 5.73 Å². The normalized spacial score (nSPS) is 12.4. The van der Waals surface area contributed by atoms with Gasteiger partial charge in [0.05, 0.1) is 0 Å². The minimum Gasteiger partial charge on any atom is -0.324 e. The maximum absolute atomic E-state index is 12.1. The molecule has 1 nitrogen and oxygen atoms in total. The SMILES string of the molecule is Cc1cc(C)cc([C@H](N)CC(F)F)c1.Cl. The van der Waals surface area contributed by atoms with E-state index in [1.165, 1.54) is 0 Å². The van der Waals surface area contributed by atoms with Crippen LogP contribution >= 0.6 is 12.4 Å². The van der Waals surface area contributed by atoms with Gasteiger partial charge in [-0.25, -0.2) is 8.78 Å². The topological polar surface area (TPSA) is 26.0 Å². The molecule has 4 heteroatoms. The van der Waals surface area contributed by atoms with Crippen molar-refractivity contribution in [1.82, 2.24) is 0 Å². The van der Waals surface area contributed by atoms with Gasteiger partial charge in [0.2, 0.25) is 6.43 Å². The molecule has 1 aromatic carbocycles. The summed E-state index contributed by atoms with van der Waals surface area (Å²) in [6.45, 7) is 3.87. The molecule has 2 N–H and O–H groups in total. The Hall–Kier alpha value is -0.670. The van der Waals surface area contributed by atoms with Gasteiger partial charge in [0, 0.05) is 12.5 Å². The minimum absolute atomic E-state index is 0. The van der Waals surface area contributed by atoms with Crippen molar-refractivity contribution in [2.24, 2.45) is 5.73 Å². The van der Waals surface area contributed by atoms with Crippen LogP contribution in [0.5, 0.6) is 0 Å². The summed E-state index contributed by atoms with van der Waals surface area (Å²) in [6.07, 6.45) is -2.62. The van der Waals surface area contributed by atoms with Crippen LogP contribution in [-0.4, -0.2) is 6.43 Å². The molecule has 1 aromatic rings. The number of alkyl halides is 2. The Balaban J connectivity index is 0.00000196. The fraction of sp³-hybridized carbons (Fsp3) is 0.455. The van der Waals surface area contributed by atoms with Gasteiger partial charge in [-0.2, -0.15) is 0 Å². The van der Waals surface area contributed by atoms with Crippen LogP contribution in [-0.2, 0) is 0 Å². The van der Waals surface area contributed by atoms with Crippen molar-refractivity contribution in [2.75, 3.05) is 0 Å². The largest absolute Gasteiger partial charge is 0.324 e. The van der Waals surface area contributed by atoms with Crippen LogP contribution in [0.4, 0.5) is 8.78 Å². The van der Waals surface area contributed by atoms with Crippen molar-refractivity contribution in [3.05, 3.63) is 34.9 Å². The van der Waals surface area contributed by atoms with E-state index in [9.17, 15) is 8.78 Å². The van der Waals surface area contributed by atoms with Gasteiger partial charge in [-0.1, -0.05) is 29.3 Å². The molecule has 0 radical (unpaired) electrons. The fourth-order valence-corrected chi connectivity index (χ4v) is 1.55. The predicted octanol–water partition coefficient (Wildman–Crippen LogP) is 3.38. The molecule has 86 valence electrons. The molecule has 0 aliphatic rings. The van der Waals surface area contributed by atoms with E-state index >= 15 is 0 Å². The number of rotatable bonds is 3. The molecule has 0 bridgehead atoms. The van der Waals surface area contributed by atoms with Crippen molar-refractivity contribution in [3.63, 3.8) is 0 Å². The Morgan fingerprint density at radius 3 is 2.00 bits per heavy atom. The van der Waals surface area contributed by atoms with Crippen LogP contribution in [0.15, 0.2) is 18.2 Å². The number of halogens is 3. The van der Waals surface area contributed by atoms with Gasteiger partial charge in [0.1, 0.15) is 0 Å². The second-order valence-electron chi connectivity index (χ2n) is 3.65. The van der Waals surface area contributed by atoms with Gasteiger partial charge in [-0.05, 0) is 19.4 Å². The van der Waals surface area contributed by atoms with Crippen molar-refractivity contribution in [1.29, 1.82) is 0 Å². The smallest absolute Gasteiger partial charge is 0.240 e. The summed E-state index contributed by atoms with van der Waals surface area (Å²) >= 11 is 0. The second kappa shape index (κ2) is 6.03. The molecule has 0 aliphatic carbocycles. The zero-order chi connectivity index (χ0) is 10.7. The summed E-state index contributed by atoms with van der Waals surface area (Å²) < 4.78 is 24.2. The number of nitrogens with two attached hydrogens (primary N) is 1. The highest BCUT2D eigenvalue weighted by Gasteiger charge is 2.13. The quantitative estimate of drug-likeness (QED) is 0.854. The molecule has 0 saturated carbocycles. The number of hydrogen-bond acceptors (Lipinski definition) is 1. The van der Waals surface area contributed by atoms with E-state index in [0.29, 0.717) is 0 Å². The van der Waals surface area contributed by atoms with Crippen LogP contribution in [0.3, 0.4) is 0 Å². The summed E-state index contributed by atoms with van der Waals surface area (Å²) in [7, 11) is 0. The van der Waals surface area contributed by atoms with E-state index in [4.69, 9.17) is 5.73 Å². The third kappa shape index (κ3) is 4.58. The highest BCUT2D eigenvalue weighted by atomic mass is 35.5. The summed E-state index contributed by atoms with van der Waals surface area (Å²) in [6, 6.07) is 5.16. The fourth-order valence-electron chi connectivity index (χ4n) is 1.55. The lowest BCUT2D eigenvalue weighted by atomic mass is 10.00. The van der Waals surface area contributed by atoms with E-state index in [0.717, 1.165) is 16.7 Å². The Labute approximate surface area is 95.1 Å². The Kier molecular flexibility index (Phi) is 5.76. The van der Waals surface area contributed by atoms with Crippen LogP contribution in [0.2, 0.25) is 0 Å². The molecule has 0 fully saturated rings. The molecule has 0 heterocycles. The number of aryl methyl sites for hydroxylation is 2. The van der Waals surface area contributed by atoms with Crippen molar-refractivity contribution in [2.45, 2.75) is 32.7 Å². The van der Waals surface area contributed by atoms with Gasteiger partial charge < -0.3 is 5.73 Å². The van der Waals surface area contributed by atoms with Crippen LogP contribution in [0, 0.1) is 13.8 Å². The second-order valence-corrected chi connectivity index (χ2v) is 3.65. The lowest BCUT2D eigenvalue weighted by molar-refractivity contribution is 0.128. The molecular weight excluding hydrogens is 220 g/mol. The molecule has 0 aliphatic heterocycles. The van der Waals surface area contributed by atoms with Gasteiger partial charge in [-0.15, -0.1) is 12.4 Å². The highest BCUT2D eigenvalue weighted by Crippen LogP contribution is 2.20. The first-order valence-electron chi connectivity index (χ1n) is 4.61. The first kappa shape index (κ1) is 14.3. The number of hydrogen-bond donors (Lipinski definition) is 1. The van der Waals surface area contributed by atoms with E-state index in [1.54, 1.807) is 0 Å². The highest BCUT2D eigenvalue weighted by molar-refractivity contribution is 5.85. The Morgan fingerprint density at radius 1 is 1.13 bits per heavy atom. The average molecular weight is 236 g/mol. The van der Waals surface area contributed by atoms with Crippen molar-refractivity contribution in [3.8, 4) is 0 Å². The molecule has 1 rings (SSSR count). The lowest BCUT2D eigenvalue weighted by Gasteiger charge is -2.12. The van der Waals surface area contributed by atoms with Gasteiger partial charge >= 0.3 is 0 Å². The third-order valence-electron chi connectivity index (χ3n) is 2.10. The standard InChI is InChI=1S/C11H15F2N.ClH/c1-7-3-8(2)5-9(4-7)10(14)6-11(12)13;/h3-5,10-11H,6,14H2,1-2H3;1H/t10-;/m1./s1. The lowest BCUT2D eigenvalue weighted by Crippen LogP contribution is -2.14. The Morgan fingerprint density at radius 2 is 1.60 bits per heavy atom. The molecule has 15 heavy (non-hydrogen) atoms. The first-order valence-corrected chi connectivity index (χ1v) is 4.61. The monoisotopic (exact) mass is 235 g/mol. The molecule has 0 aromatic heterocycles. The third-order valence-corrected chi connectivity index (χ3v) is 2.10. The summed E-state index contributed by atoms with van der Waals surface area (Å²) in [4.78, 5) is 0. The maximum Gasteiger partial charge on any atom is 0.240 e. The minimum atomic E-state index is -2.34. The summed E-state index contributed by atoms with van der Waals surface area (Å²) in [5.41, 5.74) is 8.57. The van der Waals surface area contributed by atoms with Crippen molar-refractivity contribution < 1.29 is 8.78 Å². The van der Waals surface area contributed by atoms with Gasteiger partial charge in [-0.3, -0.25) is 0 Å². The molecular formula is C11H16ClF2N. The van der Waals surface area contributed by atoms with E-state index in [1.807, 2.05) is 32.0 Å². The molecule has 0 unspecified atom stereocenters. The summed E-state index contributed by atoms with van der Waals surface area (Å²) in [5, 5.41) is 0.